The molecule has 1 aromatic carbocycles. The Labute approximate surface area is 117 Å². The maximum Gasteiger partial charge on any atom is 0.159 e. The van der Waals surface area contributed by atoms with Crippen molar-refractivity contribution >= 4 is 0 Å². The Kier molecular flexibility index (Phi) is 4.84. The zero-order valence-electron chi connectivity index (χ0n) is 11.7. The first-order valence-electron chi connectivity index (χ1n) is 6.77. The zero-order chi connectivity index (χ0) is 14.5. The Bertz CT molecular complexity index is 566. The van der Waals surface area contributed by atoms with Gasteiger partial charge in [0.05, 0.1) is 11.7 Å². The molecule has 3 nitrogen and oxygen atoms in total. The van der Waals surface area contributed by atoms with Gasteiger partial charge in [-0.05, 0) is 43.1 Å². The molecule has 0 bridgehead atoms. The molecular formula is C15H19F2N3. The van der Waals surface area contributed by atoms with Crippen LogP contribution < -0.4 is 5.32 Å². The van der Waals surface area contributed by atoms with Gasteiger partial charge in [0, 0.05) is 13.2 Å². The molecule has 0 aliphatic carbocycles. The lowest BCUT2D eigenvalue weighted by molar-refractivity contribution is 0.485. The molecule has 1 N–H and O–H groups in total. The maximum absolute atomic E-state index is 13.3. The van der Waals surface area contributed by atoms with E-state index < -0.39 is 11.6 Å². The van der Waals surface area contributed by atoms with Crippen LogP contribution >= 0.6 is 0 Å². The number of hydrogen-bond donors (Lipinski definition) is 1. The molecule has 0 spiro atoms. The van der Waals surface area contributed by atoms with Crippen LogP contribution in [0.5, 0.6) is 0 Å². The van der Waals surface area contributed by atoms with Crippen molar-refractivity contribution < 1.29 is 8.78 Å². The first-order chi connectivity index (χ1) is 9.61. The van der Waals surface area contributed by atoms with Gasteiger partial charge in [0.1, 0.15) is 0 Å². The topological polar surface area (TPSA) is 29.9 Å². The van der Waals surface area contributed by atoms with Crippen LogP contribution in [0, 0.1) is 11.6 Å². The molecular weight excluding hydrogens is 260 g/mol. The van der Waals surface area contributed by atoms with Crippen LogP contribution in [0.1, 0.15) is 30.6 Å². The van der Waals surface area contributed by atoms with E-state index in [2.05, 4.69) is 17.3 Å². The second-order valence-corrected chi connectivity index (χ2v) is 4.84. The minimum absolute atomic E-state index is 0.0345. The molecule has 2 aromatic rings. The van der Waals surface area contributed by atoms with E-state index in [1.807, 2.05) is 13.1 Å². The number of aryl methyl sites for hydroxylation is 1. The summed E-state index contributed by atoms with van der Waals surface area (Å²) in [5.41, 5.74) is 1.79. The lowest BCUT2D eigenvalue weighted by atomic mass is 10.0. The molecule has 0 saturated heterocycles. The van der Waals surface area contributed by atoms with Gasteiger partial charge in [0.15, 0.2) is 11.6 Å². The predicted octanol–water partition coefficient (Wildman–Crippen LogP) is 2.98. The largest absolute Gasteiger partial charge is 0.308 e. The van der Waals surface area contributed by atoms with Crippen molar-refractivity contribution in [3.63, 3.8) is 0 Å². The number of hydrogen-bond acceptors (Lipinski definition) is 2. The van der Waals surface area contributed by atoms with Crippen molar-refractivity contribution in [1.82, 2.24) is 15.1 Å². The van der Waals surface area contributed by atoms with Crippen molar-refractivity contribution in [2.75, 3.05) is 6.54 Å². The number of halogens is 2. The van der Waals surface area contributed by atoms with E-state index in [9.17, 15) is 8.78 Å². The molecule has 0 saturated carbocycles. The summed E-state index contributed by atoms with van der Waals surface area (Å²) >= 11 is 0. The highest BCUT2D eigenvalue weighted by Gasteiger charge is 2.15. The summed E-state index contributed by atoms with van der Waals surface area (Å²) in [4.78, 5) is 0. The van der Waals surface area contributed by atoms with Crippen molar-refractivity contribution in [2.24, 2.45) is 7.05 Å². The van der Waals surface area contributed by atoms with E-state index in [1.165, 1.54) is 12.1 Å². The predicted molar refractivity (Wildman–Crippen MR) is 74.3 cm³/mol. The summed E-state index contributed by atoms with van der Waals surface area (Å²) in [6, 6.07) is 6.02. The Hall–Kier alpha value is -1.75. The number of nitrogens with zero attached hydrogens (tertiary/aromatic N) is 2. The Morgan fingerprint density at radius 1 is 1.25 bits per heavy atom. The van der Waals surface area contributed by atoms with E-state index in [1.54, 1.807) is 16.9 Å². The minimum atomic E-state index is -0.813. The number of nitrogens with one attached hydrogen (secondary N) is 1. The van der Waals surface area contributed by atoms with Gasteiger partial charge in [-0.2, -0.15) is 5.10 Å². The summed E-state index contributed by atoms with van der Waals surface area (Å²) in [7, 11) is 1.88. The van der Waals surface area contributed by atoms with Gasteiger partial charge in [-0.15, -0.1) is 0 Å². The highest BCUT2D eigenvalue weighted by Crippen LogP contribution is 2.19. The summed E-state index contributed by atoms with van der Waals surface area (Å²) in [5.74, 6) is -1.62. The molecule has 5 heteroatoms. The normalized spacial score (nSPS) is 12.6. The molecule has 0 fully saturated rings. The van der Waals surface area contributed by atoms with Crippen molar-refractivity contribution in [3.8, 4) is 0 Å². The highest BCUT2D eigenvalue weighted by atomic mass is 19.2. The molecule has 1 atom stereocenters. The lowest BCUT2D eigenvalue weighted by Gasteiger charge is -2.19. The molecule has 108 valence electrons. The quantitative estimate of drug-likeness (QED) is 0.881. The van der Waals surface area contributed by atoms with Gasteiger partial charge in [0.2, 0.25) is 0 Å². The van der Waals surface area contributed by atoms with Gasteiger partial charge in [-0.1, -0.05) is 13.0 Å². The SMILES string of the molecule is CCCNC(Cc1ccc(F)c(F)c1)c1ccnn1C. The third-order valence-corrected chi connectivity index (χ3v) is 3.28. The van der Waals surface area contributed by atoms with Crippen molar-refractivity contribution in [3.05, 3.63) is 53.4 Å². The average molecular weight is 279 g/mol. The van der Waals surface area contributed by atoms with E-state index in [0.717, 1.165) is 24.2 Å². The van der Waals surface area contributed by atoms with Crippen LogP contribution in [0.3, 0.4) is 0 Å². The highest BCUT2D eigenvalue weighted by molar-refractivity contribution is 5.21. The van der Waals surface area contributed by atoms with Crippen molar-refractivity contribution in [2.45, 2.75) is 25.8 Å². The van der Waals surface area contributed by atoms with Crippen molar-refractivity contribution in [1.29, 1.82) is 0 Å². The van der Waals surface area contributed by atoms with Crippen LogP contribution in [0.2, 0.25) is 0 Å². The Morgan fingerprint density at radius 2 is 2.05 bits per heavy atom. The Balaban J connectivity index is 2.19. The standard InChI is InChI=1S/C15H19F2N3/c1-3-7-18-14(15-6-8-19-20(15)2)10-11-4-5-12(16)13(17)9-11/h4-6,8-9,14,18H,3,7,10H2,1-2H3. The van der Waals surface area contributed by atoms with Gasteiger partial charge in [0.25, 0.3) is 0 Å². The fourth-order valence-corrected chi connectivity index (χ4v) is 2.23. The van der Waals surface area contributed by atoms with Crippen LogP contribution in [-0.4, -0.2) is 16.3 Å². The average Bonchev–Trinajstić information content (AvgIpc) is 2.85. The van der Waals surface area contributed by atoms with Crippen LogP contribution in [0.25, 0.3) is 0 Å². The fraction of sp³-hybridized carbons (Fsp3) is 0.400. The minimum Gasteiger partial charge on any atom is -0.308 e. The monoisotopic (exact) mass is 279 g/mol. The first kappa shape index (κ1) is 14.7. The molecule has 0 amide bonds. The molecule has 0 aliphatic heterocycles. The first-order valence-corrected chi connectivity index (χ1v) is 6.77. The van der Waals surface area contributed by atoms with Crippen LogP contribution in [0.4, 0.5) is 8.78 Å². The third-order valence-electron chi connectivity index (χ3n) is 3.28. The summed E-state index contributed by atoms with van der Waals surface area (Å²) in [5, 5.41) is 7.58. The van der Waals surface area contributed by atoms with E-state index in [-0.39, 0.29) is 6.04 Å². The smallest absolute Gasteiger partial charge is 0.159 e. The van der Waals surface area contributed by atoms with E-state index in [0.29, 0.717) is 6.42 Å². The third kappa shape index (κ3) is 3.42. The number of benzene rings is 1. The lowest BCUT2D eigenvalue weighted by Crippen LogP contribution is -2.26. The zero-order valence-corrected chi connectivity index (χ0v) is 11.7. The van der Waals surface area contributed by atoms with Crippen LogP contribution in [-0.2, 0) is 13.5 Å². The molecule has 0 radical (unpaired) electrons. The molecule has 20 heavy (non-hydrogen) atoms. The Morgan fingerprint density at radius 3 is 2.65 bits per heavy atom. The summed E-state index contributed by atoms with van der Waals surface area (Å²) in [6.07, 6.45) is 3.34. The summed E-state index contributed by atoms with van der Waals surface area (Å²) in [6.45, 7) is 2.95. The molecule has 1 aromatic heterocycles. The second kappa shape index (κ2) is 6.61. The van der Waals surface area contributed by atoms with Crippen LogP contribution in [0.15, 0.2) is 30.5 Å². The summed E-state index contributed by atoms with van der Waals surface area (Å²) < 4.78 is 28.1. The van der Waals surface area contributed by atoms with E-state index in [4.69, 9.17) is 0 Å². The molecule has 1 heterocycles. The fourth-order valence-electron chi connectivity index (χ4n) is 2.23. The second-order valence-electron chi connectivity index (χ2n) is 4.84. The van der Waals surface area contributed by atoms with Gasteiger partial charge in [-0.3, -0.25) is 4.68 Å². The van der Waals surface area contributed by atoms with E-state index >= 15 is 0 Å². The number of aromatic nitrogens is 2. The van der Waals surface area contributed by atoms with Gasteiger partial charge < -0.3 is 5.32 Å². The molecule has 1 unspecified atom stereocenters. The molecule has 0 aliphatic rings. The van der Waals surface area contributed by atoms with Gasteiger partial charge in [-0.25, -0.2) is 8.78 Å². The molecule has 2 rings (SSSR count). The maximum atomic E-state index is 13.3. The van der Waals surface area contributed by atoms with Gasteiger partial charge >= 0.3 is 0 Å². The number of rotatable bonds is 6.